The van der Waals surface area contributed by atoms with E-state index in [0.717, 1.165) is 82.6 Å². The molecule has 4 aliphatic carbocycles. The molecular weight excluding hydrogens is 1350 g/mol. The fourth-order valence-corrected chi connectivity index (χ4v) is 17.5. The lowest BCUT2D eigenvalue weighted by Crippen LogP contribution is -2.64. The lowest BCUT2D eigenvalue weighted by molar-refractivity contribution is -0.248. The second-order valence-corrected chi connectivity index (χ2v) is 29.2. The van der Waals surface area contributed by atoms with Gasteiger partial charge in [-0.25, -0.2) is 24.4 Å². The summed E-state index contributed by atoms with van der Waals surface area (Å²) in [5, 5.41) is 44.5. The summed E-state index contributed by atoms with van der Waals surface area (Å²) in [6.45, 7) is 8.41. The Hall–Kier alpha value is -9.59. The fourth-order valence-electron chi connectivity index (χ4n) is 16.6. The highest BCUT2D eigenvalue weighted by Crippen LogP contribution is 2.72. The van der Waals surface area contributed by atoms with Crippen molar-refractivity contribution in [3.05, 3.63) is 119 Å². The SMILES string of the molecule is COCCN(CCOC12CC3(C)CC(C)(CC(Cn4ncc(-c5ccc(N6CCc7c(OC)ccc(C(=O)Nc8nc9ccccc9s8)c7C6)nc5C(=O)O)c4C)(C3)C1)C2)C(=O)OCc1ccc(O[C@H]2C[C@@H](O)C[C@@H](C(=O)O)O2)cc1OCCOCCNC(=O)CCNC(=O)CN1C(=O)C=CC1=O. The molecule has 1 saturated heterocycles. The molecule has 5 atom stereocenters. The maximum Gasteiger partial charge on any atom is 0.410 e. The molecule has 3 aromatic carbocycles. The summed E-state index contributed by atoms with van der Waals surface area (Å²) in [4.78, 5) is 115. The second kappa shape index (κ2) is 31.2. The Labute approximate surface area is 598 Å². The molecule has 7 aliphatic rings. The first kappa shape index (κ1) is 73.2. The summed E-state index contributed by atoms with van der Waals surface area (Å²) in [5.74, 6) is -3.29. The number of methoxy groups -OCH3 is 2. The van der Waals surface area contributed by atoms with Crippen molar-refractivity contribution in [1.82, 2.24) is 40.2 Å². The van der Waals surface area contributed by atoms with Gasteiger partial charge in [0.15, 0.2) is 16.9 Å². The van der Waals surface area contributed by atoms with Crippen molar-refractivity contribution in [2.75, 3.05) is 96.7 Å². The number of fused-ring (bicyclic) bond motifs is 2. The van der Waals surface area contributed by atoms with Gasteiger partial charge >= 0.3 is 18.0 Å². The van der Waals surface area contributed by atoms with Gasteiger partial charge in [-0.3, -0.25) is 38.9 Å². The van der Waals surface area contributed by atoms with Crippen LogP contribution in [0.3, 0.4) is 0 Å². The van der Waals surface area contributed by atoms with Crippen LogP contribution in [0.1, 0.15) is 115 Å². The van der Waals surface area contributed by atoms with E-state index < -0.39 is 66.4 Å². The van der Waals surface area contributed by atoms with Crippen molar-refractivity contribution in [3.63, 3.8) is 0 Å². The first-order valence-corrected chi connectivity index (χ1v) is 35.3. The molecule has 3 aliphatic heterocycles. The zero-order valence-electron chi connectivity index (χ0n) is 58.2. The van der Waals surface area contributed by atoms with Gasteiger partial charge in [-0.05, 0) is 122 Å². The van der Waals surface area contributed by atoms with Crippen molar-refractivity contribution in [1.29, 1.82) is 0 Å². The minimum Gasteiger partial charge on any atom is -0.496 e. The molecule has 13 rings (SSSR count). The number of nitrogens with one attached hydrogen (secondary N) is 3. The molecule has 6 N–H and O–H groups in total. The van der Waals surface area contributed by atoms with Crippen LogP contribution in [-0.4, -0.2) is 203 Å². The van der Waals surface area contributed by atoms with Crippen LogP contribution in [0.15, 0.2) is 85.1 Å². The number of hydrogen-bond acceptors (Lipinski definition) is 22. The van der Waals surface area contributed by atoms with Crippen molar-refractivity contribution in [2.24, 2.45) is 16.2 Å². The number of carbonyl (C=O) groups is 8. The van der Waals surface area contributed by atoms with Gasteiger partial charge in [0.05, 0.1) is 61.7 Å². The van der Waals surface area contributed by atoms with Crippen molar-refractivity contribution < 1.29 is 91.6 Å². The van der Waals surface area contributed by atoms with Gasteiger partial charge in [-0.1, -0.05) is 37.3 Å². The minimum absolute atomic E-state index is 0.00313. The van der Waals surface area contributed by atoms with E-state index in [9.17, 15) is 53.7 Å². The molecule has 30 heteroatoms. The van der Waals surface area contributed by atoms with Crippen molar-refractivity contribution in [2.45, 2.75) is 129 Å². The number of aliphatic carboxylic acids is 1. The van der Waals surface area contributed by atoms with E-state index in [1.54, 1.807) is 55.6 Å². The highest BCUT2D eigenvalue weighted by molar-refractivity contribution is 7.22. The number of para-hydroxylation sites is 1. The van der Waals surface area contributed by atoms with E-state index in [0.29, 0.717) is 58.5 Å². The minimum atomic E-state index is -1.28. The molecule has 103 heavy (non-hydrogen) atoms. The lowest BCUT2D eigenvalue weighted by atomic mass is 9.39. The smallest absolute Gasteiger partial charge is 0.410 e. The summed E-state index contributed by atoms with van der Waals surface area (Å²) in [6.07, 6.45) is 5.64. The third-order valence-corrected chi connectivity index (χ3v) is 21.0. The first-order valence-electron chi connectivity index (χ1n) is 34.5. The molecule has 4 saturated carbocycles. The average molecular weight is 1440 g/mol. The number of carbonyl (C=O) groups excluding carboxylic acids is 6. The van der Waals surface area contributed by atoms with Crippen LogP contribution < -0.4 is 35.1 Å². The lowest BCUT2D eigenvalue weighted by Gasteiger charge is -2.69. The number of thiazole rings is 1. The number of ether oxygens (including phenoxy) is 8. The van der Waals surface area contributed by atoms with Crippen LogP contribution in [0, 0.1) is 23.2 Å². The number of aromatic carboxylic acids is 1. The summed E-state index contributed by atoms with van der Waals surface area (Å²) in [5.41, 5.74) is 4.30. The Morgan fingerprint density at radius 2 is 1.56 bits per heavy atom. The number of imide groups is 1. The number of nitrogens with zero attached hydrogens (tertiary/aromatic N) is 7. The monoisotopic (exact) mass is 1440 g/mol. The normalized spacial score (nSPS) is 23.1. The molecule has 0 radical (unpaired) electrons. The number of rotatable bonds is 32. The number of carboxylic acid groups (broad SMARTS) is 2. The topological polar surface area (TPSA) is 360 Å². The summed E-state index contributed by atoms with van der Waals surface area (Å²) >= 11 is 1.39. The molecule has 29 nitrogen and oxygen atoms in total. The largest absolute Gasteiger partial charge is 0.496 e. The fraction of sp³-hybridized carbons (Fsp3) is 0.493. The standard InChI is InChI=1S/C73H86N10O19S/c1-44-51(49-13-15-58(78-64(49)67(92)93)81-22-19-48-52(34-81)50(12-14-54(48)96-5)65(89)79-68-77-53-8-6-7-9-57(53)103-68)33-76-83(44)43-72-38-70(2)37-71(3,39-72)41-73(40-70,42-72)100-27-24-80(23-26-95-4)69(94)99-36-45-10-11-47(101-63-31-46(84)30-56(102-63)66(90)91)32-55(45)98-29-28-97-25-21-75-59(85)18-20-74-60(86)35-82-61(87)16-17-62(82)88/h6-17,32-33,46,56,63,84H,18-31,34-43H2,1-5H3,(H,74,86)(H,75,85)(H,90,91)(H,92,93)(H,77,79,89)/t46-,56-,63+,70?,71?,72?,73?/m0/s1. The number of aliphatic hydroxyl groups excluding tert-OH is 1. The molecule has 6 heterocycles. The average Bonchev–Trinajstić information content (AvgIpc) is 1.53. The van der Waals surface area contributed by atoms with Gasteiger partial charge in [0.25, 0.3) is 17.7 Å². The Bertz CT molecular complexity index is 4180. The van der Waals surface area contributed by atoms with Crippen LogP contribution in [0.4, 0.5) is 15.7 Å². The van der Waals surface area contributed by atoms with E-state index in [4.69, 9.17) is 48.0 Å². The number of carboxylic acids is 2. The van der Waals surface area contributed by atoms with Crippen LogP contribution in [-0.2, 0) is 73.8 Å². The quantitative estimate of drug-likeness (QED) is 0.0181. The molecule has 3 aromatic heterocycles. The van der Waals surface area contributed by atoms with E-state index in [2.05, 4.69) is 34.8 Å². The summed E-state index contributed by atoms with van der Waals surface area (Å²) < 4.78 is 50.8. The van der Waals surface area contributed by atoms with Gasteiger partial charge in [-0.2, -0.15) is 5.10 Å². The molecule has 5 fully saturated rings. The predicted octanol–water partition coefficient (Wildman–Crippen LogP) is 7.08. The van der Waals surface area contributed by atoms with E-state index in [-0.39, 0.29) is 137 Å². The van der Waals surface area contributed by atoms with E-state index in [1.165, 1.54) is 17.4 Å². The highest BCUT2D eigenvalue weighted by atomic mass is 32.1. The van der Waals surface area contributed by atoms with Crippen molar-refractivity contribution >= 4 is 80.1 Å². The molecule has 4 bridgehead atoms. The molecule has 0 spiro atoms. The third kappa shape index (κ3) is 17.1. The second-order valence-electron chi connectivity index (χ2n) is 28.2. The Morgan fingerprint density at radius 3 is 2.31 bits per heavy atom. The van der Waals surface area contributed by atoms with Crippen LogP contribution in [0.2, 0.25) is 0 Å². The zero-order chi connectivity index (χ0) is 72.8. The van der Waals surface area contributed by atoms with Gasteiger partial charge in [-0.15, -0.1) is 0 Å². The Balaban J connectivity index is 0.670. The Kier molecular flexibility index (Phi) is 22.1. The number of hydrogen-bond donors (Lipinski definition) is 6. The number of aromatic nitrogens is 4. The molecule has 2 unspecified atom stereocenters. The van der Waals surface area contributed by atoms with Crippen molar-refractivity contribution in [3.8, 4) is 28.4 Å². The first-order chi connectivity index (χ1) is 49.4. The molecule has 548 valence electrons. The van der Waals surface area contributed by atoms with Gasteiger partial charge in [0.2, 0.25) is 18.1 Å². The van der Waals surface area contributed by atoms with Crippen LogP contribution in [0.5, 0.6) is 17.2 Å². The molecule has 6 aromatic rings. The predicted molar refractivity (Wildman–Crippen MR) is 373 cm³/mol. The van der Waals surface area contributed by atoms with Gasteiger partial charge in [0.1, 0.15) is 42.8 Å². The number of aliphatic hydroxyl groups is 1. The molecule has 6 amide bonds. The van der Waals surface area contributed by atoms with E-state index >= 15 is 0 Å². The number of anilines is 2. The number of benzene rings is 3. The van der Waals surface area contributed by atoms with Crippen LogP contribution >= 0.6 is 11.3 Å². The maximum atomic E-state index is 14.2. The van der Waals surface area contributed by atoms with Crippen LogP contribution in [0.25, 0.3) is 21.3 Å². The number of amides is 6. The maximum absolute atomic E-state index is 14.2. The highest BCUT2D eigenvalue weighted by Gasteiger charge is 2.66. The zero-order valence-corrected chi connectivity index (χ0v) is 59.0. The van der Waals surface area contributed by atoms with Gasteiger partial charge < -0.3 is 73.6 Å². The Morgan fingerprint density at radius 1 is 0.796 bits per heavy atom. The third-order valence-electron chi connectivity index (χ3n) is 20.0. The summed E-state index contributed by atoms with van der Waals surface area (Å²) in [7, 11) is 3.15. The number of pyridine rings is 1. The molecular formula is C73H86N10O19S. The van der Waals surface area contributed by atoms with Gasteiger partial charge in [0, 0.05) is 124 Å². The van der Waals surface area contributed by atoms with E-state index in [1.807, 2.05) is 46.8 Å². The summed E-state index contributed by atoms with van der Waals surface area (Å²) in [6, 6.07) is 19.6.